The number of nitrogens with one attached hydrogen (secondary N) is 1. The molecule has 1 atom stereocenters. The maximum atomic E-state index is 12.1. The van der Waals surface area contributed by atoms with E-state index in [4.69, 9.17) is 5.73 Å². The summed E-state index contributed by atoms with van der Waals surface area (Å²) >= 11 is 0. The molecule has 0 radical (unpaired) electrons. The first-order valence-corrected chi connectivity index (χ1v) is 6.84. The van der Waals surface area contributed by atoms with Crippen LogP contribution in [0.2, 0.25) is 0 Å². The van der Waals surface area contributed by atoms with Crippen molar-refractivity contribution < 1.29 is 9.90 Å². The molecule has 0 heterocycles. The summed E-state index contributed by atoms with van der Waals surface area (Å²) in [7, 11) is 0. The number of carbonyl (C=O) groups is 1. The van der Waals surface area contributed by atoms with Gasteiger partial charge < -0.3 is 16.2 Å². The van der Waals surface area contributed by atoms with Gasteiger partial charge >= 0.3 is 0 Å². The van der Waals surface area contributed by atoms with Gasteiger partial charge in [-0.1, -0.05) is 30.3 Å². The van der Waals surface area contributed by atoms with Crippen LogP contribution in [0, 0.1) is 0 Å². The largest absolute Gasteiger partial charge is 0.506 e. The van der Waals surface area contributed by atoms with Gasteiger partial charge in [0.15, 0.2) is 0 Å². The lowest BCUT2D eigenvalue weighted by atomic mass is 10.0. The maximum Gasteiger partial charge on any atom is 0.255 e. The van der Waals surface area contributed by atoms with Crippen LogP contribution in [0.1, 0.15) is 30.1 Å². The maximum absolute atomic E-state index is 12.1. The summed E-state index contributed by atoms with van der Waals surface area (Å²) in [6, 6.07) is 11.1. The van der Waals surface area contributed by atoms with Gasteiger partial charge in [-0.3, -0.25) is 4.79 Å². The first kappa shape index (κ1) is 14.3. The van der Waals surface area contributed by atoms with Crippen LogP contribution in [-0.2, 0) is 0 Å². The van der Waals surface area contributed by atoms with Gasteiger partial charge in [0.25, 0.3) is 5.91 Å². The summed E-state index contributed by atoms with van der Waals surface area (Å²) in [5.41, 5.74) is 5.96. The third kappa shape index (κ3) is 3.27. The fraction of sp³-hybridized carbons (Fsp3) is 0.312. The van der Waals surface area contributed by atoms with Gasteiger partial charge in [-0.2, -0.15) is 0 Å². The summed E-state index contributed by atoms with van der Waals surface area (Å²) in [6.07, 6.45) is 1.70. The van der Waals surface area contributed by atoms with Gasteiger partial charge in [0.05, 0.1) is 5.56 Å². The number of rotatable bonds is 5. The molecule has 0 spiro atoms. The molecule has 4 N–H and O–H groups in total. The van der Waals surface area contributed by atoms with Crippen LogP contribution in [0.4, 0.5) is 0 Å². The van der Waals surface area contributed by atoms with E-state index >= 15 is 0 Å². The summed E-state index contributed by atoms with van der Waals surface area (Å²) in [4.78, 5) is 12.1. The topological polar surface area (TPSA) is 75.3 Å². The van der Waals surface area contributed by atoms with Crippen LogP contribution >= 0.6 is 0 Å². The minimum Gasteiger partial charge on any atom is -0.506 e. The second kappa shape index (κ2) is 6.39. The number of amides is 1. The van der Waals surface area contributed by atoms with Crippen molar-refractivity contribution in [3.8, 4) is 5.75 Å². The molecular weight excluding hydrogens is 252 g/mol. The number of hydrogen-bond donors (Lipinski definition) is 3. The summed E-state index contributed by atoms with van der Waals surface area (Å²) < 4.78 is 0. The van der Waals surface area contributed by atoms with E-state index in [0.29, 0.717) is 17.5 Å². The average molecular weight is 272 g/mol. The zero-order valence-electron chi connectivity index (χ0n) is 11.6. The smallest absolute Gasteiger partial charge is 0.255 e. The molecular formula is C16H20N2O2. The number of benzene rings is 2. The zero-order valence-corrected chi connectivity index (χ0v) is 11.6. The third-order valence-electron chi connectivity index (χ3n) is 3.27. The number of fused-ring (bicyclic) bond motifs is 1. The molecule has 0 aliphatic carbocycles. The van der Waals surface area contributed by atoms with Crippen molar-refractivity contribution in [2.24, 2.45) is 5.73 Å². The highest BCUT2D eigenvalue weighted by Crippen LogP contribution is 2.28. The van der Waals surface area contributed by atoms with E-state index < -0.39 is 0 Å². The second-order valence-electron chi connectivity index (χ2n) is 5.06. The van der Waals surface area contributed by atoms with Gasteiger partial charge in [0.1, 0.15) is 5.75 Å². The number of carbonyl (C=O) groups excluding carboxylic acids is 1. The van der Waals surface area contributed by atoms with E-state index in [1.54, 1.807) is 12.1 Å². The Balaban J connectivity index is 2.08. The quantitative estimate of drug-likeness (QED) is 0.732. The first-order chi connectivity index (χ1) is 9.59. The summed E-state index contributed by atoms with van der Waals surface area (Å²) in [5.74, 6) is -0.217. The molecule has 0 aliphatic heterocycles. The van der Waals surface area contributed by atoms with Gasteiger partial charge in [-0.15, -0.1) is 0 Å². The predicted octanol–water partition coefficient (Wildman–Crippen LogP) is 2.40. The van der Waals surface area contributed by atoms with Gasteiger partial charge in [0, 0.05) is 18.0 Å². The predicted molar refractivity (Wildman–Crippen MR) is 80.8 cm³/mol. The number of hydrogen-bond acceptors (Lipinski definition) is 3. The fourth-order valence-corrected chi connectivity index (χ4v) is 2.16. The van der Waals surface area contributed by atoms with Crippen molar-refractivity contribution in [1.29, 1.82) is 0 Å². The molecule has 0 fully saturated rings. The Bertz CT molecular complexity index is 608. The summed E-state index contributed by atoms with van der Waals surface area (Å²) in [6.45, 7) is 2.50. The number of aromatic hydroxyl groups is 1. The lowest BCUT2D eigenvalue weighted by Gasteiger charge is -2.09. The van der Waals surface area contributed by atoms with Crippen LogP contribution in [0.5, 0.6) is 5.75 Å². The van der Waals surface area contributed by atoms with Crippen LogP contribution in [0.25, 0.3) is 10.8 Å². The van der Waals surface area contributed by atoms with E-state index in [9.17, 15) is 9.90 Å². The van der Waals surface area contributed by atoms with Crippen molar-refractivity contribution in [3.05, 3.63) is 42.0 Å². The Morgan fingerprint density at radius 3 is 2.80 bits per heavy atom. The molecule has 20 heavy (non-hydrogen) atoms. The van der Waals surface area contributed by atoms with Gasteiger partial charge in [-0.05, 0) is 31.2 Å². The second-order valence-corrected chi connectivity index (χ2v) is 5.06. The minimum atomic E-state index is -0.252. The highest BCUT2D eigenvalue weighted by Gasteiger charge is 2.13. The lowest BCUT2D eigenvalue weighted by Crippen LogP contribution is -2.26. The molecule has 2 aromatic rings. The third-order valence-corrected chi connectivity index (χ3v) is 3.27. The van der Waals surface area contributed by atoms with E-state index in [2.05, 4.69) is 5.32 Å². The Hall–Kier alpha value is -2.07. The molecule has 0 aromatic heterocycles. The average Bonchev–Trinajstić information content (AvgIpc) is 2.44. The molecule has 2 aromatic carbocycles. The normalized spacial score (nSPS) is 12.3. The van der Waals surface area contributed by atoms with Crippen LogP contribution in [-0.4, -0.2) is 23.6 Å². The lowest BCUT2D eigenvalue weighted by molar-refractivity contribution is 0.0950. The highest BCUT2D eigenvalue weighted by atomic mass is 16.3. The molecule has 0 saturated heterocycles. The minimum absolute atomic E-state index is 0.0350. The number of phenols is 1. The standard InChI is InChI=1S/C16H20N2O2/c1-11(17)5-4-10-18-16(20)14-9-8-12-6-2-3-7-13(12)15(14)19/h2-3,6-9,11,19H,4-5,10,17H2,1H3,(H,18,20). The molecule has 1 unspecified atom stereocenters. The highest BCUT2D eigenvalue weighted by molar-refractivity contribution is 6.03. The van der Waals surface area contributed by atoms with E-state index in [1.165, 1.54) is 0 Å². The Morgan fingerprint density at radius 1 is 1.30 bits per heavy atom. The number of phenolic OH excluding ortho intramolecular Hbond substituents is 1. The zero-order chi connectivity index (χ0) is 14.5. The van der Waals surface area contributed by atoms with Crippen molar-refractivity contribution >= 4 is 16.7 Å². The van der Waals surface area contributed by atoms with Crippen LogP contribution in [0.3, 0.4) is 0 Å². The molecule has 1 amide bonds. The molecule has 106 valence electrons. The monoisotopic (exact) mass is 272 g/mol. The van der Waals surface area contributed by atoms with Gasteiger partial charge in [-0.25, -0.2) is 0 Å². The molecule has 4 heteroatoms. The summed E-state index contributed by atoms with van der Waals surface area (Å²) in [5, 5.41) is 14.6. The van der Waals surface area contributed by atoms with Crippen molar-refractivity contribution in [2.75, 3.05) is 6.54 Å². The van der Waals surface area contributed by atoms with E-state index in [-0.39, 0.29) is 17.7 Å². The SMILES string of the molecule is CC(N)CCCNC(=O)c1ccc2ccccc2c1O. The molecule has 4 nitrogen and oxygen atoms in total. The van der Waals surface area contributed by atoms with Crippen molar-refractivity contribution in [3.63, 3.8) is 0 Å². The molecule has 0 aliphatic rings. The molecule has 0 saturated carbocycles. The van der Waals surface area contributed by atoms with Crippen molar-refractivity contribution in [1.82, 2.24) is 5.32 Å². The first-order valence-electron chi connectivity index (χ1n) is 6.84. The van der Waals surface area contributed by atoms with Gasteiger partial charge in [0.2, 0.25) is 0 Å². The number of nitrogens with two attached hydrogens (primary N) is 1. The fourth-order valence-electron chi connectivity index (χ4n) is 2.16. The van der Waals surface area contributed by atoms with Crippen LogP contribution in [0.15, 0.2) is 36.4 Å². The van der Waals surface area contributed by atoms with Crippen LogP contribution < -0.4 is 11.1 Å². The molecule has 0 bridgehead atoms. The van der Waals surface area contributed by atoms with E-state index in [1.807, 2.05) is 31.2 Å². The Labute approximate surface area is 118 Å². The Kier molecular flexibility index (Phi) is 4.58. The molecule has 2 rings (SSSR count). The van der Waals surface area contributed by atoms with Crippen molar-refractivity contribution in [2.45, 2.75) is 25.8 Å². The van der Waals surface area contributed by atoms with E-state index in [0.717, 1.165) is 18.2 Å². The Morgan fingerprint density at radius 2 is 2.05 bits per heavy atom.